The Labute approximate surface area is 171 Å². The molecule has 1 fully saturated rings. The first-order valence-corrected chi connectivity index (χ1v) is 10.1. The van der Waals surface area contributed by atoms with Crippen LogP contribution in [-0.4, -0.2) is 42.5 Å². The zero-order chi connectivity index (χ0) is 21.0. The molecule has 29 heavy (non-hydrogen) atoms. The van der Waals surface area contributed by atoms with Gasteiger partial charge in [0.2, 0.25) is 0 Å². The summed E-state index contributed by atoms with van der Waals surface area (Å²) in [5, 5.41) is 0. The van der Waals surface area contributed by atoms with Crippen LogP contribution >= 0.6 is 0 Å². The number of benzene rings is 1. The summed E-state index contributed by atoms with van der Waals surface area (Å²) in [5.41, 5.74) is 2.49. The Kier molecular flexibility index (Phi) is 6.52. The lowest BCUT2D eigenvalue weighted by Crippen LogP contribution is -2.37. The van der Waals surface area contributed by atoms with E-state index in [1.54, 1.807) is 42.2 Å². The minimum atomic E-state index is -0.478. The molecule has 0 radical (unpaired) electrons. The number of carbonyl (C=O) groups excluding carboxylic acids is 3. The summed E-state index contributed by atoms with van der Waals surface area (Å²) < 4.78 is 9.95. The van der Waals surface area contributed by atoms with Gasteiger partial charge in [-0.2, -0.15) is 0 Å². The Bertz CT molecular complexity index is 860. The van der Waals surface area contributed by atoms with Gasteiger partial charge in [0.05, 0.1) is 30.4 Å². The summed E-state index contributed by atoms with van der Waals surface area (Å²) in [6.45, 7) is 3.81. The van der Waals surface area contributed by atoms with Crippen molar-refractivity contribution in [2.24, 2.45) is 0 Å². The number of nitrogens with zero attached hydrogens (tertiary/aromatic N) is 1. The van der Waals surface area contributed by atoms with E-state index in [9.17, 15) is 14.4 Å². The van der Waals surface area contributed by atoms with Crippen molar-refractivity contribution in [1.82, 2.24) is 4.90 Å². The van der Waals surface area contributed by atoms with Crippen molar-refractivity contribution >= 4 is 23.9 Å². The highest BCUT2D eigenvalue weighted by molar-refractivity contribution is 6.16. The Hall–Kier alpha value is -2.89. The molecule has 1 saturated carbocycles. The third kappa shape index (κ3) is 4.26. The fourth-order valence-electron chi connectivity index (χ4n) is 4.08. The first-order valence-electron chi connectivity index (χ1n) is 10.1. The van der Waals surface area contributed by atoms with Crippen LogP contribution in [0.4, 0.5) is 0 Å². The third-order valence-corrected chi connectivity index (χ3v) is 5.50. The highest BCUT2D eigenvalue weighted by Crippen LogP contribution is 2.36. The smallest absolute Gasteiger partial charge is 0.340 e. The number of rotatable bonds is 5. The van der Waals surface area contributed by atoms with Gasteiger partial charge in [0, 0.05) is 11.7 Å². The van der Waals surface area contributed by atoms with Gasteiger partial charge in [-0.1, -0.05) is 31.4 Å². The number of esters is 2. The molecule has 0 atom stereocenters. The van der Waals surface area contributed by atoms with E-state index in [2.05, 4.69) is 0 Å². The van der Waals surface area contributed by atoms with Crippen molar-refractivity contribution in [3.63, 3.8) is 0 Å². The molecular formula is C23H27NO5. The minimum absolute atomic E-state index is 0.119. The molecule has 1 aromatic rings. The van der Waals surface area contributed by atoms with E-state index in [1.807, 2.05) is 6.92 Å². The van der Waals surface area contributed by atoms with E-state index in [1.165, 1.54) is 13.5 Å². The molecule has 1 aliphatic carbocycles. The highest BCUT2D eigenvalue weighted by atomic mass is 16.5. The summed E-state index contributed by atoms with van der Waals surface area (Å²) in [6, 6.07) is 6.85. The fraction of sp³-hybridized carbons (Fsp3) is 0.435. The Morgan fingerprint density at radius 3 is 2.34 bits per heavy atom. The van der Waals surface area contributed by atoms with Gasteiger partial charge in [0.1, 0.15) is 0 Å². The second-order valence-corrected chi connectivity index (χ2v) is 7.32. The average Bonchev–Trinajstić information content (AvgIpc) is 2.98. The predicted molar refractivity (Wildman–Crippen MR) is 109 cm³/mol. The summed E-state index contributed by atoms with van der Waals surface area (Å²) in [5.74, 6) is -1.06. The van der Waals surface area contributed by atoms with Crippen molar-refractivity contribution in [2.45, 2.75) is 52.0 Å². The topological polar surface area (TPSA) is 72.9 Å². The first-order chi connectivity index (χ1) is 14.0. The summed E-state index contributed by atoms with van der Waals surface area (Å²) in [7, 11) is 1.33. The maximum atomic E-state index is 13.3. The lowest BCUT2D eigenvalue weighted by atomic mass is 9.94. The molecule has 1 heterocycles. The Balaban J connectivity index is 1.98. The molecule has 1 aliphatic heterocycles. The van der Waals surface area contributed by atoms with Gasteiger partial charge >= 0.3 is 11.9 Å². The SMILES string of the molecule is CCOC(=O)C1=C(C)N(C2CCCCC2)C(=O)/C1=C\c1ccc(C(=O)OC)cc1. The van der Waals surface area contributed by atoms with Crippen molar-refractivity contribution < 1.29 is 23.9 Å². The van der Waals surface area contributed by atoms with Crippen LogP contribution in [0.3, 0.4) is 0 Å². The van der Waals surface area contributed by atoms with E-state index >= 15 is 0 Å². The molecule has 0 spiro atoms. The minimum Gasteiger partial charge on any atom is -0.465 e. The van der Waals surface area contributed by atoms with Crippen LogP contribution in [0.25, 0.3) is 6.08 Å². The number of amides is 1. The molecule has 0 aromatic heterocycles. The second kappa shape index (κ2) is 9.07. The molecule has 0 unspecified atom stereocenters. The van der Waals surface area contributed by atoms with Crippen LogP contribution < -0.4 is 0 Å². The number of ether oxygens (including phenoxy) is 2. The van der Waals surface area contributed by atoms with Gasteiger partial charge in [0.25, 0.3) is 5.91 Å². The molecule has 0 N–H and O–H groups in total. The molecule has 6 heteroatoms. The molecule has 3 rings (SSSR count). The van der Waals surface area contributed by atoms with Crippen LogP contribution in [0, 0.1) is 0 Å². The van der Waals surface area contributed by atoms with Crippen LogP contribution in [0.15, 0.2) is 41.1 Å². The van der Waals surface area contributed by atoms with Gasteiger partial charge in [0.15, 0.2) is 0 Å². The molecular weight excluding hydrogens is 370 g/mol. The Morgan fingerprint density at radius 2 is 1.76 bits per heavy atom. The van der Waals surface area contributed by atoms with Gasteiger partial charge in [-0.15, -0.1) is 0 Å². The fourth-order valence-corrected chi connectivity index (χ4v) is 4.08. The zero-order valence-electron chi connectivity index (χ0n) is 17.2. The lowest BCUT2D eigenvalue weighted by molar-refractivity contribution is -0.138. The maximum Gasteiger partial charge on any atom is 0.340 e. The van der Waals surface area contributed by atoms with E-state index in [0.29, 0.717) is 22.4 Å². The predicted octanol–water partition coefficient (Wildman–Crippen LogP) is 3.87. The largest absolute Gasteiger partial charge is 0.465 e. The summed E-state index contributed by atoms with van der Waals surface area (Å²) in [4.78, 5) is 39.4. The quantitative estimate of drug-likeness (QED) is 0.557. The molecule has 2 aliphatic rings. The molecule has 0 bridgehead atoms. The lowest BCUT2D eigenvalue weighted by Gasteiger charge is -2.32. The zero-order valence-corrected chi connectivity index (χ0v) is 17.2. The van der Waals surface area contributed by atoms with Crippen LogP contribution in [-0.2, 0) is 19.1 Å². The standard InChI is InChI=1S/C23H27NO5/c1-4-29-23(27)20-15(2)24(18-8-6-5-7-9-18)21(25)19(20)14-16-10-12-17(13-11-16)22(26)28-3/h10-14,18H,4-9H2,1-3H3/b19-14-. The van der Waals surface area contributed by atoms with Crippen LogP contribution in [0.2, 0.25) is 0 Å². The monoisotopic (exact) mass is 397 g/mol. The highest BCUT2D eigenvalue weighted by Gasteiger charge is 2.40. The molecule has 154 valence electrons. The van der Waals surface area contributed by atoms with E-state index < -0.39 is 11.9 Å². The first kappa shape index (κ1) is 20.8. The van der Waals surface area contributed by atoms with Crippen molar-refractivity contribution in [3.05, 3.63) is 52.2 Å². The van der Waals surface area contributed by atoms with Gasteiger partial charge in [-0.25, -0.2) is 9.59 Å². The van der Waals surface area contributed by atoms with Gasteiger partial charge in [-0.05, 0) is 50.5 Å². The van der Waals surface area contributed by atoms with E-state index in [-0.39, 0.29) is 18.6 Å². The van der Waals surface area contributed by atoms with Crippen molar-refractivity contribution in [1.29, 1.82) is 0 Å². The number of methoxy groups -OCH3 is 1. The van der Waals surface area contributed by atoms with E-state index in [0.717, 1.165) is 31.2 Å². The average molecular weight is 397 g/mol. The molecule has 1 amide bonds. The van der Waals surface area contributed by atoms with Crippen molar-refractivity contribution in [3.8, 4) is 0 Å². The van der Waals surface area contributed by atoms with Crippen molar-refractivity contribution in [2.75, 3.05) is 13.7 Å². The number of hydrogen-bond acceptors (Lipinski definition) is 5. The summed E-state index contributed by atoms with van der Waals surface area (Å²) in [6.07, 6.45) is 6.94. The Morgan fingerprint density at radius 1 is 1.10 bits per heavy atom. The van der Waals surface area contributed by atoms with E-state index in [4.69, 9.17) is 9.47 Å². The number of allylic oxidation sites excluding steroid dienone is 1. The third-order valence-electron chi connectivity index (χ3n) is 5.50. The number of carbonyl (C=O) groups is 3. The summed E-state index contributed by atoms with van der Waals surface area (Å²) >= 11 is 0. The normalized spacial score (nSPS) is 19.1. The number of hydrogen-bond donors (Lipinski definition) is 0. The molecule has 0 saturated heterocycles. The molecule has 6 nitrogen and oxygen atoms in total. The second-order valence-electron chi connectivity index (χ2n) is 7.32. The van der Waals surface area contributed by atoms with Crippen LogP contribution in [0.1, 0.15) is 61.9 Å². The maximum absolute atomic E-state index is 13.3. The molecule has 1 aromatic carbocycles. The van der Waals surface area contributed by atoms with Gasteiger partial charge < -0.3 is 14.4 Å². The van der Waals surface area contributed by atoms with Gasteiger partial charge in [-0.3, -0.25) is 4.79 Å². The van der Waals surface area contributed by atoms with Crippen LogP contribution in [0.5, 0.6) is 0 Å².